The molecule has 2 aromatic carbocycles. The van der Waals surface area contributed by atoms with Crippen molar-refractivity contribution in [1.29, 1.82) is 0 Å². The Morgan fingerprint density at radius 1 is 1.15 bits per heavy atom. The largest absolute Gasteiger partial charge is 0.478 e. The fraction of sp³-hybridized carbons (Fsp3) is 0.0526. The minimum atomic E-state index is -1.04. The molecule has 2 aromatic heterocycles. The summed E-state index contributed by atoms with van der Waals surface area (Å²) >= 11 is 1.45. The number of aromatic nitrogens is 3. The highest BCUT2D eigenvalue weighted by Crippen LogP contribution is 2.27. The Balaban J connectivity index is 1.65. The summed E-state index contributed by atoms with van der Waals surface area (Å²) in [7, 11) is 0. The van der Waals surface area contributed by atoms with Crippen LogP contribution in [0.15, 0.2) is 60.2 Å². The molecule has 27 heavy (non-hydrogen) atoms. The molecule has 2 heterocycles. The number of hydrogen-bond donors (Lipinski definition) is 2. The first-order valence-electron chi connectivity index (χ1n) is 8.09. The number of thiazole rings is 1. The van der Waals surface area contributed by atoms with Gasteiger partial charge in [0.25, 0.3) is 0 Å². The van der Waals surface area contributed by atoms with Crippen molar-refractivity contribution in [2.24, 2.45) is 0 Å². The summed E-state index contributed by atoms with van der Waals surface area (Å²) < 4.78 is 1.83. The molecule has 0 atom stereocenters. The van der Waals surface area contributed by atoms with Crippen molar-refractivity contribution in [2.75, 3.05) is 5.32 Å². The number of imidazole rings is 1. The lowest BCUT2D eigenvalue weighted by atomic mass is 10.2. The first-order chi connectivity index (χ1) is 13.1. The SMILES string of the molecule is O=C(Cn1c(-c2cncs2)nc2ccccc21)Nc1cccc(C(=O)O)c1. The van der Waals surface area contributed by atoms with E-state index in [1.165, 1.54) is 23.5 Å². The molecule has 134 valence electrons. The van der Waals surface area contributed by atoms with Crippen LogP contribution >= 0.6 is 11.3 Å². The monoisotopic (exact) mass is 378 g/mol. The van der Waals surface area contributed by atoms with Crippen molar-refractivity contribution in [1.82, 2.24) is 14.5 Å². The molecule has 0 saturated heterocycles. The molecule has 2 N–H and O–H groups in total. The van der Waals surface area contributed by atoms with E-state index in [0.29, 0.717) is 11.5 Å². The molecule has 0 aliphatic carbocycles. The number of carboxylic acid groups (broad SMARTS) is 1. The van der Waals surface area contributed by atoms with Crippen LogP contribution in [-0.4, -0.2) is 31.5 Å². The summed E-state index contributed by atoms with van der Waals surface area (Å²) in [5, 5.41) is 11.8. The van der Waals surface area contributed by atoms with Gasteiger partial charge >= 0.3 is 5.97 Å². The number of carbonyl (C=O) groups excluding carboxylic acids is 1. The average Bonchev–Trinajstić information content (AvgIpc) is 3.30. The van der Waals surface area contributed by atoms with E-state index in [0.717, 1.165) is 15.9 Å². The predicted octanol–water partition coefficient (Wildman–Crippen LogP) is 3.50. The Morgan fingerprint density at radius 2 is 2.00 bits per heavy atom. The molecule has 0 unspecified atom stereocenters. The Hall–Kier alpha value is -3.52. The van der Waals surface area contributed by atoms with Crippen molar-refractivity contribution >= 4 is 39.9 Å². The second-order valence-electron chi connectivity index (χ2n) is 5.81. The first-order valence-corrected chi connectivity index (χ1v) is 8.97. The highest BCUT2D eigenvalue weighted by Gasteiger charge is 2.16. The van der Waals surface area contributed by atoms with Gasteiger partial charge in [0.05, 0.1) is 27.0 Å². The zero-order chi connectivity index (χ0) is 18.8. The quantitative estimate of drug-likeness (QED) is 0.554. The number of rotatable bonds is 5. The molecule has 1 amide bonds. The van der Waals surface area contributed by atoms with Gasteiger partial charge in [0, 0.05) is 11.9 Å². The van der Waals surface area contributed by atoms with E-state index in [2.05, 4.69) is 15.3 Å². The second kappa shape index (κ2) is 7.00. The van der Waals surface area contributed by atoms with Gasteiger partial charge in [0.2, 0.25) is 5.91 Å². The van der Waals surface area contributed by atoms with Gasteiger partial charge in [-0.15, -0.1) is 11.3 Å². The lowest BCUT2D eigenvalue weighted by Gasteiger charge is -2.09. The summed E-state index contributed by atoms with van der Waals surface area (Å²) in [6.45, 7) is 0.0467. The van der Waals surface area contributed by atoms with E-state index in [-0.39, 0.29) is 18.0 Å². The number of benzene rings is 2. The van der Waals surface area contributed by atoms with Gasteiger partial charge in [0.1, 0.15) is 6.54 Å². The molecule has 7 nitrogen and oxygen atoms in total. The Labute approximate surface area is 157 Å². The topological polar surface area (TPSA) is 97.1 Å². The lowest BCUT2D eigenvalue weighted by Crippen LogP contribution is -2.19. The van der Waals surface area contributed by atoms with Crippen LogP contribution in [0.25, 0.3) is 21.7 Å². The van der Waals surface area contributed by atoms with Crippen LogP contribution in [0, 0.1) is 0 Å². The fourth-order valence-corrected chi connectivity index (χ4v) is 3.44. The maximum atomic E-state index is 12.6. The number of nitrogens with zero attached hydrogens (tertiary/aromatic N) is 3. The van der Waals surface area contributed by atoms with Crippen molar-refractivity contribution in [2.45, 2.75) is 6.54 Å². The minimum absolute atomic E-state index is 0.0467. The van der Waals surface area contributed by atoms with Gasteiger partial charge in [-0.05, 0) is 30.3 Å². The molecule has 0 radical (unpaired) electrons. The highest BCUT2D eigenvalue weighted by atomic mass is 32.1. The number of carboxylic acids is 1. The highest BCUT2D eigenvalue weighted by molar-refractivity contribution is 7.13. The van der Waals surface area contributed by atoms with Crippen LogP contribution in [0.4, 0.5) is 5.69 Å². The number of aromatic carboxylic acids is 1. The summed E-state index contributed by atoms with van der Waals surface area (Å²) in [4.78, 5) is 33.3. The molecule has 0 saturated carbocycles. The van der Waals surface area contributed by atoms with E-state index < -0.39 is 5.97 Å². The zero-order valence-corrected chi connectivity index (χ0v) is 14.8. The number of nitrogens with one attached hydrogen (secondary N) is 1. The minimum Gasteiger partial charge on any atom is -0.478 e. The van der Waals surface area contributed by atoms with Crippen LogP contribution in [0.1, 0.15) is 10.4 Å². The zero-order valence-electron chi connectivity index (χ0n) is 14.0. The first kappa shape index (κ1) is 16.9. The van der Waals surface area contributed by atoms with Crippen LogP contribution < -0.4 is 5.32 Å². The Morgan fingerprint density at radius 3 is 2.78 bits per heavy atom. The number of para-hydroxylation sites is 2. The van der Waals surface area contributed by atoms with E-state index in [9.17, 15) is 9.59 Å². The number of fused-ring (bicyclic) bond motifs is 1. The molecule has 8 heteroatoms. The van der Waals surface area contributed by atoms with Crippen LogP contribution in [-0.2, 0) is 11.3 Å². The molecule has 0 aliphatic rings. The summed E-state index contributed by atoms with van der Waals surface area (Å²) in [5.74, 6) is -0.640. The number of carbonyl (C=O) groups is 2. The Kier molecular flexibility index (Phi) is 4.39. The number of hydrogen-bond acceptors (Lipinski definition) is 5. The van der Waals surface area contributed by atoms with Crippen molar-refractivity contribution in [3.05, 3.63) is 65.8 Å². The predicted molar refractivity (Wildman–Crippen MR) is 103 cm³/mol. The molecular formula is C19H14N4O3S. The van der Waals surface area contributed by atoms with Gasteiger partial charge < -0.3 is 15.0 Å². The second-order valence-corrected chi connectivity index (χ2v) is 6.70. The molecule has 4 rings (SSSR count). The van der Waals surface area contributed by atoms with Crippen LogP contribution in [0.2, 0.25) is 0 Å². The van der Waals surface area contributed by atoms with E-state index in [4.69, 9.17) is 5.11 Å². The Bertz CT molecular complexity index is 1140. The molecule has 4 aromatic rings. The van der Waals surface area contributed by atoms with Crippen molar-refractivity contribution < 1.29 is 14.7 Å². The van der Waals surface area contributed by atoms with Gasteiger partial charge in [0.15, 0.2) is 5.82 Å². The summed E-state index contributed by atoms with van der Waals surface area (Å²) in [6, 6.07) is 13.7. The lowest BCUT2D eigenvalue weighted by molar-refractivity contribution is -0.116. The maximum absolute atomic E-state index is 12.6. The number of amides is 1. The normalized spacial score (nSPS) is 10.8. The third-order valence-electron chi connectivity index (χ3n) is 4.00. The average molecular weight is 378 g/mol. The molecular weight excluding hydrogens is 364 g/mol. The maximum Gasteiger partial charge on any atom is 0.335 e. The standard InChI is InChI=1S/C19H14N4O3S/c24-17(21-13-5-3-4-12(8-13)19(25)26)10-23-15-7-2-1-6-14(15)22-18(23)16-9-20-11-27-16/h1-9,11H,10H2,(H,21,24)(H,25,26). The molecule has 0 bridgehead atoms. The smallest absolute Gasteiger partial charge is 0.335 e. The fourth-order valence-electron chi connectivity index (χ4n) is 2.82. The third-order valence-corrected chi connectivity index (χ3v) is 4.77. The van der Waals surface area contributed by atoms with Gasteiger partial charge in [-0.3, -0.25) is 9.78 Å². The van der Waals surface area contributed by atoms with Crippen molar-refractivity contribution in [3.8, 4) is 10.7 Å². The van der Waals surface area contributed by atoms with Gasteiger partial charge in [-0.2, -0.15) is 0 Å². The third kappa shape index (κ3) is 3.42. The van der Waals surface area contributed by atoms with Crippen LogP contribution in [0.3, 0.4) is 0 Å². The summed E-state index contributed by atoms with van der Waals surface area (Å²) in [5.41, 5.74) is 3.91. The molecule has 0 aliphatic heterocycles. The molecule has 0 spiro atoms. The van der Waals surface area contributed by atoms with E-state index in [1.54, 1.807) is 23.8 Å². The van der Waals surface area contributed by atoms with Crippen molar-refractivity contribution in [3.63, 3.8) is 0 Å². The van der Waals surface area contributed by atoms with Gasteiger partial charge in [-0.25, -0.2) is 9.78 Å². The van der Waals surface area contributed by atoms with E-state index in [1.807, 2.05) is 28.8 Å². The molecule has 0 fully saturated rings. The summed E-state index contributed by atoms with van der Waals surface area (Å²) in [6.07, 6.45) is 1.72. The van der Waals surface area contributed by atoms with Crippen LogP contribution in [0.5, 0.6) is 0 Å². The number of anilines is 1. The van der Waals surface area contributed by atoms with Gasteiger partial charge in [-0.1, -0.05) is 18.2 Å². The van der Waals surface area contributed by atoms with E-state index >= 15 is 0 Å².